The summed E-state index contributed by atoms with van der Waals surface area (Å²) >= 11 is 0. The van der Waals surface area contributed by atoms with Gasteiger partial charge in [0.05, 0.1) is 11.1 Å². The lowest BCUT2D eigenvalue weighted by Gasteiger charge is -2.25. The van der Waals surface area contributed by atoms with Gasteiger partial charge >= 0.3 is 0 Å². The van der Waals surface area contributed by atoms with Crippen LogP contribution in [0.2, 0.25) is 0 Å². The third-order valence-electron chi connectivity index (χ3n) is 8.72. The van der Waals surface area contributed by atoms with Gasteiger partial charge in [-0.2, -0.15) is 9.41 Å². The second-order valence-corrected chi connectivity index (χ2v) is 13.9. The SMILES string of the molecule is Cc1cc(C)c2cccc(OCc3c(C)ccc(S(=O)(=O)N4CCC[C@H]4C(=O)NCCCNC(=O)c4ccc(C=NN)cc4)c3C)c2n1.Cl.Cl. The number of fused-ring (bicyclic) bond motifs is 1. The van der Waals surface area contributed by atoms with E-state index in [4.69, 9.17) is 15.6 Å². The smallest absolute Gasteiger partial charge is 0.251 e. The number of carbonyl (C=O) groups is 2. The fourth-order valence-electron chi connectivity index (χ4n) is 6.14. The number of hydrogen-bond donors (Lipinski definition) is 3. The summed E-state index contributed by atoms with van der Waals surface area (Å²) in [5, 5.41) is 10.2. The van der Waals surface area contributed by atoms with Crippen molar-refractivity contribution in [3.8, 4) is 5.75 Å². The molecule has 11 nitrogen and oxygen atoms in total. The molecule has 2 heterocycles. The van der Waals surface area contributed by atoms with Crippen molar-refractivity contribution >= 4 is 63.8 Å². The van der Waals surface area contributed by atoms with Crippen molar-refractivity contribution in [2.75, 3.05) is 19.6 Å². The first kappa shape index (κ1) is 40.2. The van der Waals surface area contributed by atoms with Crippen molar-refractivity contribution in [3.63, 3.8) is 0 Å². The molecule has 0 bridgehead atoms. The van der Waals surface area contributed by atoms with Crippen LogP contribution < -0.4 is 21.2 Å². The van der Waals surface area contributed by atoms with E-state index in [1.165, 1.54) is 10.5 Å². The van der Waals surface area contributed by atoms with Crippen molar-refractivity contribution in [1.29, 1.82) is 0 Å². The van der Waals surface area contributed by atoms with Crippen molar-refractivity contribution in [1.82, 2.24) is 19.9 Å². The van der Waals surface area contributed by atoms with Crippen molar-refractivity contribution in [2.45, 2.75) is 64.5 Å². The van der Waals surface area contributed by atoms with Gasteiger partial charge in [0, 0.05) is 36.3 Å². The molecule has 1 aliphatic heterocycles. The predicted octanol–water partition coefficient (Wildman–Crippen LogP) is 5.27. The zero-order valence-electron chi connectivity index (χ0n) is 28.6. The molecule has 5 rings (SSSR count). The van der Waals surface area contributed by atoms with Crippen LogP contribution in [0.4, 0.5) is 0 Å². The number of para-hydroxylation sites is 1. The minimum absolute atomic E-state index is 0. The molecule has 4 aromatic rings. The Morgan fingerprint density at radius 1 is 1.00 bits per heavy atom. The van der Waals surface area contributed by atoms with Crippen LogP contribution in [0.15, 0.2) is 70.7 Å². The molecule has 2 amide bonds. The summed E-state index contributed by atoms with van der Waals surface area (Å²) in [4.78, 5) is 30.5. The maximum absolute atomic E-state index is 14.0. The maximum Gasteiger partial charge on any atom is 0.251 e. The van der Waals surface area contributed by atoms with E-state index in [2.05, 4.69) is 15.7 Å². The minimum Gasteiger partial charge on any atom is -0.487 e. The highest BCUT2D eigenvalue weighted by Crippen LogP contribution is 2.32. The minimum atomic E-state index is -3.98. The molecule has 0 aliphatic carbocycles. The average molecular weight is 744 g/mol. The standard InChI is InChI=1S/C36H42N6O5S.2ClH/c1-23-11-16-33(26(4)30(23)22-47-32-10-5-8-29-24(2)20-25(3)41-34(29)32)48(45,46)42-19-6-9-31(42)36(44)39-18-7-17-38-35(43)28-14-12-27(13-15-28)21-40-37;;/h5,8,10-16,20-21,31H,6-7,9,17-19,22,37H2,1-4H3,(H,38,43)(H,39,44);2*1H/t31-;;/m0../s1. The summed E-state index contributed by atoms with van der Waals surface area (Å²) in [6, 6.07) is 17.3. The number of carbonyl (C=O) groups excluding carboxylic acids is 2. The van der Waals surface area contributed by atoms with Gasteiger partial charge in [0.2, 0.25) is 15.9 Å². The summed E-state index contributed by atoms with van der Waals surface area (Å²) in [5.41, 5.74) is 6.34. The quantitative estimate of drug-likeness (QED) is 0.0773. The van der Waals surface area contributed by atoms with Gasteiger partial charge in [-0.3, -0.25) is 9.59 Å². The molecular weight excluding hydrogens is 699 g/mol. The van der Waals surface area contributed by atoms with Gasteiger partial charge in [0.1, 0.15) is 23.9 Å². The lowest BCUT2D eigenvalue weighted by atomic mass is 10.0. The number of halogens is 2. The number of aryl methyl sites for hydroxylation is 3. The molecule has 1 saturated heterocycles. The number of hydrogen-bond acceptors (Lipinski definition) is 8. The van der Waals surface area contributed by atoms with Gasteiger partial charge in [-0.05, 0) is 105 Å². The summed E-state index contributed by atoms with van der Waals surface area (Å²) in [6.45, 7) is 8.77. The van der Waals surface area contributed by atoms with Gasteiger partial charge in [0.25, 0.3) is 5.91 Å². The fourth-order valence-corrected chi connectivity index (χ4v) is 8.05. The first-order chi connectivity index (χ1) is 23.0. The molecule has 1 aromatic heterocycles. The zero-order chi connectivity index (χ0) is 34.4. The number of sulfonamides is 1. The normalized spacial score (nSPS) is 14.6. The molecule has 0 spiro atoms. The molecule has 0 saturated carbocycles. The Labute approximate surface area is 305 Å². The van der Waals surface area contributed by atoms with Crippen LogP contribution in [0.25, 0.3) is 10.9 Å². The molecule has 268 valence electrons. The monoisotopic (exact) mass is 742 g/mol. The topological polar surface area (TPSA) is 156 Å². The Morgan fingerprint density at radius 3 is 2.44 bits per heavy atom. The number of nitrogens with one attached hydrogen (secondary N) is 2. The van der Waals surface area contributed by atoms with Crippen LogP contribution in [0.5, 0.6) is 5.75 Å². The van der Waals surface area contributed by atoms with E-state index in [0.717, 1.165) is 38.9 Å². The van der Waals surface area contributed by atoms with Crippen LogP contribution in [0, 0.1) is 27.7 Å². The summed E-state index contributed by atoms with van der Waals surface area (Å²) < 4.78 is 35.7. The highest BCUT2D eigenvalue weighted by Gasteiger charge is 2.40. The second-order valence-electron chi connectivity index (χ2n) is 12.1. The van der Waals surface area contributed by atoms with Gasteiger partial charge in [0.15, 0.2) is 0 Å². The molecule has 50 heavy (non-hydrogen) atoms. The number of rotatable bonds is 12. The Hall–Kier alpha value is -4.23. The molecule has 0 unspecified atom stereocenters. The van der Waals surface area contributed by atoms with E-state index in [0.29, 0.717) is 49.2 Å². The van der Waals surface area contributed by atoms with Crippen LogP contribution in [-0.2, 0) is 21.4 Å². The molecule has 1 atom stereocenters. The van der Waals surface area contributed by atoms with E-state index in [-0.39, 0.29) is 54.7 Å². The van der Waals surface area contributed by atoms with Crippen LogP contribution in [0.1, 0.15) is 63.1 Å². The Bertz CT molecular complexity index is 1970. The molecule has 3 aromatic carbocycles. The van der Waals surface area contributed by atoms with Gasteiger partial charge in [-0.15, -0.1) is 24.8 Å². The first-order valence-electron chi connectivity index (χ1n) is 16.0. The van der Waals surface area contributed by atoms with Crippen LogP contribution in [0.3, 0.4) is 0 Å². The lowest BCUT2D eigenvalue weighted by molar-refractivity contribution is -0.124. The zero-order valence-corrected chi connectivity index (χ0v) is 31.0. The number of nitrogens with zero attached hydrogens (tertiary/aromatic N) is 3. The molecule has 1 fully saturated rings. The molecule has 1 aliphatic rings. The molecule has 4 N–H and O–H groups in total. The van der Waals surface area contributed by atoms with Crippen molar-refractivity contribution in [2.24, 2.45) is 10.9 Å². The Balaban J connectivity index is 0.00000338. The molecule has 0 radical (unpaired) electrons. The number of pyridine rings is 1. The van der Waals surface area contributed by atoms with E-state index in [9.17, 15) is 18.0 Å². The largest absolute Gasteiger partial charge is 0.487 e. The summed E-state index contributed by atoms with van der Waals surface area (Å²) in [7, 11) is -3.98. The number of amides is 2. The van der Waals surface area contributed by atoms with Crippen LogP contribution in [-0.4, -0.2) is 61.4 Å². The van der Waals surface area contributed by atoms with Gasteiger partial charge < -0.3 is 21.2 Å². The highest BCUT2D eigenvalue weighted by molar-refractivity contribution is 7.89. The van der Waals surface area contributed by atoms with Gasteiger partial charge in [-0.1, -0.05) is 30.3 Å². The number of ether oxygens (including phenoxy) is 1. The number of benzene rings is 3. The lowest BCUT2D eigenvalue weighted by Crippen LogP contribution is -2.46. The van der Waals surface area contributed by atoms with Crippen molar-refractivity contribution in [3.05, 3.63) is 99.7 Å². The molecule has 14 heteroatoms. The highest BCUT2D eigenvalue weighted by atomic mass is 35.5. The maximum atomic E-state index is 14.0. The number of aromatic nitrogens is 1. The Kier molecular flexibility index (Phi) is 14.2. The number of nitrogens with two attached hydrogens (primary N) is 1. The third kappa shape index (κ3) is 8.91. The van der Waals surface area contributed by atoms with E-state index in [1.54, 1.807) is 43.3 Å². The average Bonchev–Trinajstić information content (AvgIpc) is 3.56. The van der Waals surface area contributed by atoms with E-state index in [1.807, 2.05) is 45.0 Å². The summed E-state index contributed by atoms with van der Waals surface area (Å²) in [5.74, 6) is 5.21. The van der Waals surface area contributed by atoms with Crippen LogP contribution >= 0.6 is 24.8 Å². The second kappa shape index (κ2) is 17.6. The third-order valence-corrected chi connectivity index (χ3v) is 10.8. The summed E-state index contributed by atoms with van der Waals surface area (Å²) in [6.07, 6.45) is 2.99. The Morgan fingerprint density at radius 2 is 1.72 bits per heavy atom. The van der Waals surface area contributed by atoms with E-state index >= 15 is 0 Å². The number of hydrazone groups is 1. The molecular formula is C36H44Cl2N6O5S. The first-order valence-corrected chi connectivity index (χ1v) is 17.4. The fraction of sp³-hybridized carbons (Fsp3) is 0.333. The predicted molar refractivity (Wildman–Crippen MR) is 201 cm³/mol. The van der Waals surface area contributed by atoms with Crippen molar-refractivity contribution < 1.29 is 22.7 Å². The van der Waals surface area contributed by atoms with Gasteiger partial charge in [-0.25, -0.2) is 13.4 Å². The van der Waals surface area contributed by atoms with E-state index < -0.39 is 16.1 Å².